The van der Waals surface area contributed by atoms with Crippen LogP contribution in [0.2, 0.25) is 0 Å². The minimum absolute atomic E-state index is 0.0515. The Labute approximate surface area is 260 Å². The van der Waals surface area contributed by atoms with E-state index >= 15 is 0 Å². The number of nitrogens with zero attached hydrogens (tertiary/aromatic N) is 2. The number of aryl methyl sites for hydroxylation is 1. The first-order chi connectivity index (χ1) is 21.2. The zero-order valence-corrected chi connectivity index (χ0v) is 26.2. The average molecular weight is 614 g/mol. The highest BCUT2D eigenvalue weighted by Crippen LogP contribution is 2.29. The summed E-state index contributed by atoms with van der Waals surface area (Å²) >= 11 is 0. The Hall–Kier alpha value is -4.63. The van der Waals surface area contributed by atoms with Crippen molar-refractivity contribution in [2.24, 2.45) is 0 Å². The Morgan fingerprint density at radius 3 is 2.00 bits per heavy atom. The van der Waals surface area contributed by atoms with E-state index in [1.54, 1.807) is 42.5 Å². The van der Waals surface area contributed by atoms with E-state index in [1.807, 2.05) is 75.4 Å². The molecule has 230 valence electrons. The molecule has 2 amide bonds. The van der Waals surface area contributed by atoms with E-state index in [0.717, 1.165) is 21.9 Å². The Bertz CT molecular complexity index is 1630. The van der Waals surface area contributed by atoms with E-state index in [9.17, 15) is 18.0 Å². The molecule has 0 saturated heterocycles. The normalized spacial score (nSPS) is 11.8. The van der Waals surface area contributed by atoms with Gasteiger partial charge < -0.3 is 15.0 Å². The molecule has 0 aliphatic rings. The van der Waals surface area contributed by atoms with Crippen LogP contribution in [0.1, 0.15) is 37.8 Å². The lowest BCUT2D eigenvalue weighted by atomic mass is 10.1. The van der Waals surface area contributed by atoms with Crippen LogP contribution in [-0.4, -0.2) is 44.3 Å². The molecule has 0 heterocycles. The highest BCUT2D eigenvalue weighted by atomic mass is 32.2. The second-order valence-corrected chi connectivity index (χ2v) is 12.3. The van der Waals surface area contributed by atoms with Gasteiger partial charge in [0.2, 0.25) is 11.8 Å². The average Bonchev–Trinajstić information content (AvgIpc) is 3.04. The number of para-hydroxylation sites is 1. The van der Waals surface area contributed by atoms with Gasteiger partial charge in [-0.1, -0.05) is 74.5 Å². The lowest BCUT2D eigenvalue weighted by Crippen LogP contribution is -2.52. The predicted octanol–water partition coefficient (Wildman–Crippen LogP) is 6.32. The molecule has 0 unspecified atom stereocenters. The van der Waals surface area contributed by atoms with Crippen LogP contribution in [-0.2, 0) is 26.2 Å². The summed E-state index contributed by atoms with van der Waals surface area (Å²) in [6.45, 7) is 5.89. The summed E-state index contributed by atoms with van der Waals surface area (Å²) in [4.78, 5) is 29.0. The van der Waals surface area contributed by atoms with Crippen LogP contribution < -0.4 is 14.4 Å². The monoisotopic (exact) mass is 613 g/mol. The number of rotatable bonds is 14. The van der Waals surface area contributed by atoms with Crippen LogP contribution in [0.15, 0.2) is 114 Å². The van der Waals surface area contributed by atoms with Crippen molar-refractivity contribution in [2.75, 3.05) is 17.4 Å². The van der Waals surface area contributed by atoms with Crippen LogP contribution in [0.5, 0.6) is 11.5 Å². The van der Waals surface area contributed by atoms with E-state index in [0.29, 0.717) is 30.2 Å². The van der Waals surface area contributed by atoms with E-state index in [-0.39, 0.29) is 17.3 Å². The lowest BCUT2D eigenvalue weighted by Gasteiger charge is -2.33. The minimum Gasteiger partial charge on any atom is -0.457 e. The molecule has 44 heavy (non-hydrogen) atoms. The SMILES string of the molecule is CCCNC(=O)[C@H](CC)N(Cc1ccccc1C)C(=O)CN(c1ccc(Oc2ccccc2)cc1)S(=O)(=O)c1ccccc1. The van der Waals surface area contributed by atoms with Crippen molar-refractivity contribution in [3.8, 4) is 11.5 Å². The molecule has 0 aliphatic heterocycles. The molecule has 9 heteroatoms. The third-order valence-corrected chi connectivity index (χ3v) is 9.04. The second kappa shape index (κ2) is 15.2. The number of anilines is 1. The molecular formula is C35H39N3O5S. The van der Waals surface area contributed by atoms with Crippen LogP contribution in [0, 0.1) is 6.92 Å². The molecule has 0 saturated carbocycles. The lowest BCUT2D eigenvalue weighted by molar-refractivity contribution is -0.140. The summed E-state index contributed by atoms with van der Waals surface area (Å²) in [5.74, 6) is 0.401. The van der Waals surface area contributed by atoms with Gasteiger partial charge in [-0.05, 0) is 79.4 Å². The third-order valence-electron chi connectivity index (χ3n) is 7.25. The van der Waals surface area contributed by atoms with Crippen molar-refractivity contribution in [1.82, 2.24) is 10.2 Å². The molecule has 0 aliphatic carbocycles. The first kappa shape index (κ1) is 32.3. The summed E-state index contributed by atoms with van der Waals surface area (Å²) in [5, 5.41) is 2.91. The minimum atomic E-state index is -4.16. The van der Waals surface area contributed by atoms with Gasteiger partial charge in [-0.15, -0.1) is 0 Å². The van der Waals surface area contributed by atoms with E-state index < -0.39 is 28.5 Å². The molecule has 0 bridgehead atoms. The molecule has 1 N–H and O–H groups in total. The second-order valence-electron chi connectivity index (χ2n) is 10.4. The molecule has 1 atom stereocenters. The summed E-state index contributed by atoms with van der Waals surface area (Å²) in [7, 11) is -4.16. The van der Waals surface area contributed by atoms with E-state index in [2.05, 4.69) is 5.32 Å². The zero-order chi connectivity index (χ0) is 31.5. The van der Waals surface area contributed by atoms with Crippen molar-refractivity contribution in [3.05, 3.63) is 120 Å². The van der Waals surface area contributed by atoms with Gasteiger partial charge >= 0.3 is 0 Å². The van der Waals surface area contributed by atoms with Crippen LogP contribution in [0.3, 0.4) is 0 Å². The Morgan fingerprint density at radius 2 is 1.39 bits per heavy atom. The molecule has 0 aromatic heterocycles. The highest BCUT2D eigenvalue weighted by molar-refractivity contribution is 7.92. The fraction of sp³-hybridized carbons (Fsp3) is 0.257. The number of sulfonamides is 1. The molecule has 8 nitrogen and oxygen atoms in total. The van der Waals surface area contributed by atoms with Gasteiger partial charge in [0.15, 0.2) is 0 Å². The molecule has 0 fully saturated rings. The number of carbonyl (C=O) groups excluding carboxylic acids is 2. The number of hydrogen-bond donors (Lipinski definition) is 1. The van der Waals surface area contributed by atoms with Gasteiger partial charge in [0.1, 0.15) is 24.1 Å². The number of benzene rings is 4. The van der Waals surface area contributed by atoms with Crippen molar-refractivity contribution >= 4 is 27.5 Å². The first-order valence-corrected chi connectivity index (χ1v) is 16.2. The highest BCUT2D eigenvalue weighted by Gasteiger charge is 2.33. The Kier molecular flexibility index (Phi) is 11.2. The number of ether oxygens (including phenoxy) is 1. The van der Waals surface area contributed by atoms with Gasteiger partial charge in [-0.2, -0.15) is 0 Å². The predicted molar refractivity (Wildman–Crippen MR) is 173 cm³/mol. The van der Waals surface area contributed by atoms with Gasteiger partial charge in [-0.25, -0.2) is 8.42 Å². The van der Waals surface area contributed by atoms with Crippen LogP contribution in [0.4, 0.5) is 5.69 Å². The summed E-state index contributed by atoms with van der Waals surface area (Å²) in [5.41, 5.74) is 2.14. The fourth-order valence-electron chi connectivity index (χ4n) is 4.81. The summed E-state index contributed by atoms with van der Waals surface area (Å²) in [6, 6.07) is 30.7. The van der Waals surface area contributed by atoms with Crippen molar-refractivity contribution in [3.63, 3.8) is 0 Å². The maximum Gasteiger partial charge on any atom is 0.264 e. The van der Waals surface area contributed by atoms with E-state index in [4.69, 9.17) is 4.74 Å². The first-order valence-electron chi connectivity index (χ1n) is 14.8. The standard InChI is InChI=1S/C35H39N3O5S/c1-4-24-36-35(40)33(5-2)37(25-28-15-13-12-14-27(28)3)34(39)26-38(44(41,42)32-18-10-7-11-19-32)29-20-22-31(23-21-29)43-30-16-8-6-9-17-30/h6-23,33H,4-5,24-26H2,1-3H3,(H,36,40)/t33-/m0/s1. The van der Waals surface area contributed by atoms with Gasteiger partial charge in [0, 0.05) is 13.1 Å². The van der Waals surface area contributed by atoms with Crippen LogP contribution in [0.25, 0.3) is 0 Å². The Morgan fingerprint density at radius 1 is 0.795 bits per heavy atom. The maximum absolute atomic E-state index is 14.2. The summed E-state index contributed by atoms with van der Waals surface area (Å²) in [6.07, 6.45) is 1.12. The largest absolute Gasteiger partial charge is 0.457 e. The van der Waals surface area contributed by atoms with Gasteiger partial charge in [-0.3, -0.25) is 13.9 Å². The topological polar surface area (TPSA) is 96.0 Å². The smallest absolute Gasteiger partial charge is 0.264 e. The number of nitrogens with one attached hydrogen (secondary N) is 1. The van der Waals surface area contributed by atoms with E-state index in [1.165, 1.54) is 17.0 Å². The molecule has 4 aromatic rings. The molecular weight excluding hydrogens is 574 g/mol. The van der Waals surface area contributed by atoms with Crippen LogP contribution >= 0.6 is 0 Å². The molecule has 4 rings (SSSR count). The molecule has 4 aromatic carbocycles. The van der Waals surface area contributed by atoms with Crippen molar-refractivity contribution < 1.29 is 22.7 Å². The quantitative estimate of drug-likeness (QED) is 0.180. The zero-order valence-electron chi connectivity index (χ0n) is 25.3. The third kappa shape index (κ3) is 8.05. The number of hydrogen-bond acceptors (Lipinski definition) is 5. The number of carbonyl (C=O) groups is 2. The van der Waals surface area contributed by atoms with Crippen molar-refractivity contribution in [1.29, 1.82) is 0 Å². The van der Waals surface area contributed by atoms with Crippen molar-refractivity contribution in [2.45, 2.75) is 51.1 Å². The molecule has 0 spiro atoms. The Balaban J connectivity index is 1.71. The fourth-order valence-corrected chi connectivity index (χ4v) is 6.25. The maximum atomic E-state index is 14.2. The van der Waals surface area contributed by atoms with Gasteiger partial charge in [0.05, 0.1) is 10.6 Å². The number of amides is 2. The molecule has 0 radical (unpaired) electrons. The van der Waals surface area contributed by atoms with Gasteiger partial charge in [0.25, 0.3) is 10.0 Å². The summed E-state index contributed by atoms with van der Waals surface area (Å²) < 4.78 is 35.1.